The van der Waals surface area contributed by atoms with Crippen molar-refractivity contribution in [3.8, 4) is 28.4 Å². The first kappa shape index (κ1) is 25.2. The van der Waals surface area contributed by atoms with Gasteiger partial charge in [0.15, 0.2) is 0 Å². The molecule has 0 N–H and O–H groups in total. The number of methoxy groups -OCH3 is 2. The van der Waals surface area contributed by atoms with Crippen molar-refractivity contribution in [2.75, 3.05) is 20.8 Å². The van der Waals surface area contributed by atoms with E-state index >= 15 is 0 Å². The van der Waals surface area contributed by atoms with E-state index in [-0.39, 0.29) is 11.9 Å². The number of unbranched alkanes of at least 4 members (excludes halogenated alkanes) is 1. The molecule has 0 spiro atoms. The first-order valence-electron chi connectivity index (χ1n) is 11.7. The van der Waals surface area contributed by atoms with Crippen molar-refractivity contribution in [3.63, 3.8) is 0 Å². The van der Waals surface area contributed by atoms with Crippen molar-refractivity contribution in [2.45, 2.75) is 45.6 Å². The lowest BCUT2D eigenvalue weighted by molar-refractivity contribution is -0.140. The van der Waals surface area contributed by atoms with Gasteiger partial charge in [-0.2, -0.15) is 0 Å². The van der Waals surface area contributed by atoms with E-state index < -0.39 is 0 Å². The molecule has 180 valence electrons. The lowest BCUT2D eigenvalue weighted by atomic mass is 9.98. The van der Waals surface area contributed by atoms with Crippen molar-refractivity contribution in [1.29, 1.82) is 0 Å². The van der Waals surface area contributed by atoms with E-state index in [9.17, 15) is 4.79 Å². The molecule has 0 bridgehead atoms. The molecule has 0 fully saturated rings. The molecule has 0 saturated carbocycles. The number of hydrogen-bond donors (Lipinski definition) is 0. The third-order valence-electron chi connectivity index (χ3n) is 5.74. The summed E-state index contributed by atoms with van der Waals surface area (Å²) in [4.78, 5) is 11.6. The van der Waals surface area contributed by atoms with Crippen LogP contribution in [0, 0.1) is 0 Å². The van der Waals surface area contributed by atoms with E-state index in [2.05, 4.69) is 25.1 Å². The van der Waals surface area contributed by atoms with E-state index in [1.54, 1.807) is 7.11 Å². The predicted molar refractivity (Wildman–Crippen MR) is 135 cm³/mol. The van der Waals surface area contributed by atoms with Gasteiger partial charge in [-0.25, -0.2) is 0 Å². The Kier molecular flexibility index (Phi) is 9.39. The number of carbonyl (C=O) groups excluding carboxylic acids is 1. The van der Waals surface area contributed by atoms with Gasteiger partial charge in [-0.3, -0.25) is 4.79 Å². The molecule has 3 rings (SSSR count). The molecule has 0 radical (unpaired) electrons. The lowest BCUT2D eigenvalue weighted by Crippen LogP contribution is -2.06. The maximum absolute atomic E-state index is 11.6. The highest BCUT2D eigenvalue weighted by molar-refractivity contribution is 5.71. The van der Waals surface area contributed by atoms with E-state index in [1.165, 1.54) is 7.11 Å². The quantitative estimate of drug-likeness (QED) is 0.219. The smallest absolute Gasteiger partial charge is 0.306 e. The Morgan fingerprint density at radius 1 is 0.912 bits per heavy atom. The maximum Gasteiger partial charge on any atom is 0.306 e. The largest absolute Gasteiger partial charge is 0.497 e. The van der Waals surface area contributed by atoms with E-state index in [1.807, 2.05) is 55.5 Å². The fraction of sp³-hybridized carbons (Fsp3) is 0.345. The second-order valence-corrected chi connectivity index (χ2v) is 8.30. The fourth-order valence-corrected chi connectivity index (χ4v) is 3.64. The molecule has 0 amide bonds. The molecule has 1 atom stereocenters. The predicted octanol–water partition coefficient (Wildman–Crippen LogP) is 6.79. The van der Waals surface area contributed by atoms with Crippen LogP contribution in [-0.4, -0.2) is 26.8 Å². The Morgan fingerprint density at radius 2 is 1.71 bits per heavy atom. The molecule has 0 saturated heterocycles. The van der Waals surface area contributed by atoms with Gasteiger partial charge in [0.25, 0.3) is 0 Å². The molecule has 0 aromatic heterocycles. The second-order valence-electron chi connectivity index (χ2n) is 8.30. The van der Waals surface area contributed by atoms with Crippen LogP contribution >= 0.6 is 0 Å². The van der Waals surface area contributed by atoms with Gasteiger partial charge in [0.05, 0.1) is 27.2 Å². The highest BCUT2D eigenvalue weighted by atomic mass is 16.5. The molecule has 3 aromatic carbocycles. The summed E-state index contributed by atoms with van der Waals surface area (Å²) in [6.45, 7) is 5.25. The van der Waals surface area contributed by atoms with E-state index in [0.29, 0.717) is 19.6 Å². The summed E-state index contributed by atoms with van der Waals surface area (Å²) in [7, 11) is 3.08. The summed E-state index contributed by atoms with van der Waals surface area (Å²) in [5, 5.41) is 0. The third-order valence-corrected chi connectivity index (χ3v) is 5.74. The van der Waals surface area contributed by atoms with Crippen LogP contribution in [0.2, 0.25) is 0 Å². The normalized spacial score (nSPS) is 11.5. The van der Waals surface area contributed by atoms with Crippen LogP contribution in [0.25, 0.3) is 11.1 Å². The molecule has 0 aliphatic heterocycles. The summed E-state index contributed by atoms with van der Waals surface area (Å²) < 4.78 is 22.3. The zero-order chi connectivity index (χ0) is 24.3. The van der Waals surface area contributed by atoms with E-state index in [4.69, 9.17) is 18.9 Å². The van der Waals surface area contributed by atoms with Crippen molar-refractivity contribution in [2.24, 2.45) is 0 Å². The van der Waals surface area contributed by atoms with Gasteiger partial charge in [0.2, 0.25) is 0 Å². The molecule has 34 heavy (non-hydrogen) atoms. The minimum atomic E-state index is -0.216. The number of benzene rings is 3. The maximum atomic E-state index is 11.6. The standard InChI is InChI=1S/C29H34O5/c1-5-6-16-33-28-18-22(10-15-27(28)23-11-13-25(31-3)14-12-23)20-34-26-9-7-8-24(19-26)21(2)17-29(30)32-4/h7-15,18-19,21H,5-6,16-17,20H2,1-4H3/t21-/m1/s1. The first-order valence-corrected chi connectivity index (χ1v) is 11.7. The van der Waals surface area contributed by atoms with Crippen LogP contribution in [0.1, 0.15) is 50.2 Å². The van der Waals surface area contributed by atoms with Gasteiger partial charge < -0.3 is 18.9 Å². The van der Waals surface area contributed by atoms with Gasteiger partial charge in [-0.15, -0.1) is 0 Å². The molecular weight excluding hydrogens is 428 g/mol. The summed E-state index contributed by atoms with van der Waals surface area (Å²) >= 11 is 0. The first-order chi connectivity index (χ1) is 16.5. The Morgan fingerprint density at radius 3 is 2.41 bits per heavy atom. The van der Waals surface area contributed by atoms with Crippen LogP contribution in [0.3, 0.4) is 0 Å². The Labute approximate surface area is 202 Å². The van der Waals surface area contributed by atoms with Crippen LogP contribution in [-0.2, 0) is 16.1 Å². The molecule has 0 heterocycles. The summed E-state index contributed by atoms with van der Waals surface area (Å²) in [6, 6.07) is 22.1. The molecule has 5 heteroatoms. The average molecular weight is 463 g/mol. The molecule has 5 nitrogen and oxygen atoms in total. The monoisotopic (exact) mass is 462 g/mol. The Balaban J connectivity index is 1.75. The SMILES string of the molecule is CCCCOc1cc(COc2cccc([C@H](C)CC(=O)OC)c2)ccc1-c1ccc(OC)cc1. The fourth-order valence-electron chi connectivity index (χ4n) is 3.64. The van der Waals surface area contributed by atoms with Gasteiger partial charge in [0, 0.05) is 5.56 Å². The number of esters is 1. The number of hydrogen-bond acceptors (Lipinski definition) is 5. The summed E-state index contributed by atoms with van der Waals surface area (Å²) in [5.74, 6) is 2.28. The topological polar surface area (TPSA) is 54.0 Å². The minimum Gasteiger partial charge on any atom is -0.497 e. The van der Waals surface area contributed by atoms with Crippen LogP contribution in [0.5, 0.6) is 17.2 Å². The number of carbonyl (C=O) groups is 1. The Hall–Kier alpha value is -3.47. The zero-order valence-electron chi connectivity index (χ0n) is 20.5. The van der Waals surface area contributed by atoms with Crippen LogP contribution in [0.15, 0.2) is 66.7 Å². The zero-order valence-corrected chi connectivity index (χ0v) is 20.5. The van der Waals surface area contributed by atoms with Crippen LogP contribution in [0.4, 0.5) is 0 Å². The highest BCUT2D eigenvalue weighted by Crippen LogP contribution is 2.33. The van der Waals surface area contributed by atoms with Crippen molar-refractivity contribution in [3.05, 3.63) is 77.9 Å². The summed E-state index contributed by atoms with van der Waals surface area (Å²) in [6.07, 6.45) is 2.41. The molecule has 0 aliphatic rings. The lowest BCUT2D eigenvalue weighted by Gasteiger charge is -2.15. The molecule has 3 aromatic rings. The molecular formula is C29H34O5. The third kappa shape index (κ3) is 7.01. The minimum absolute atomic E-state index is 0.0540. The summed E-state index contributed by atoms with van der Waals surface area (Å²) in [5.41, 5.74) is 4.19. The Bertz CT molecular complexity index is 1060. The van der Waals surface area contributed by atoms with Crippen LogP contribution < -0.4 is 14.2 Å². The van der Waals surface area contributed by atoms with Gasteiger partial charge in [-0.05, 0) is 59.4 Å². The van der Waals surface area contributed by atoms with Crippen molar-refractivity contribution >= 4 is 5.97 Å². The van der Waals surface area contributed by atoms with Gasteiger partial charge in [0.1, 0.15) is 23.9 Å². The van der Waals surface area contributed by atoms with Gasteiger partial charge in [-0.1, -0.05) is 56.7 Å². The van der Waals surface area contributed by atoms with E-state index in [0.717, 1.165) is 52.3 Å². The average Bonchev–Trinajstić information content (AvgIpc) is 2.88. The molecule has 0 unspecified atom stereocenters. The molecule has 0 aliphatic carbocycles. The van der Waals surface area contributed by atoms with Crippen molar-refractivity contribution < 1.29 is 23.7 Å². The number of ether oxygens (including phenoxy) is 4. The second kappa shape index (κ2) is 12.7. The number of rotatable bonds is 12. The van der Waals surface area contributed by atoms with Gasteiger partial charge >= 0.3 is 5.97 Å². The van der Waals surface area contributed by atoms with Crippen molar-refractivity contribution in [1.82, 2.24) is 0 Å². The highest BCUT2D eigenvalue weighted by Gasteiger charge is 2.13.